The smallest absolute Gasteiger partial charge is 0.241 e. The third kappa shape index (κ3) is 5.17. The molecule has 1 heterocycles. The first-order valence-electron chi connectivity index (χ1n) is 7.06. The molecule has 1 unspecified atom stereocenters. The molecule has 0 fully saturated rings. The molecule has 1 aliphatic rings. The zero-order valence-electron chi connectivity index (χ0n) is 13.1. The van der Waals surface area contributed by atoms with Crippen LogP contribution in [-0.2, 0) is 42.2 Å². The van der Waals surface area contributed by atoms with Gasteiger partial charge in [-0.1, -0.05) is 6.42 Å². The van der Waals surface area contributed by atoms with E-state index in [0.717, 1.165) is 5.56 Å². The molecule has 1 aromatic carbocycles. The van der Waals surface area contributed by atoms with Crippen molar-refractivity contribution in [1.82, 2.24) is 4.90 Å². The minimum atomic E-state index is -0.556. The number of alkyl halides is 1. The molecule has 2 rings (SSSR count). The third-order valence-corrected chi connectivity index (χ3v) is 3.97. The molecule has 0 spiro atoms. The van der Waals surface area contributed by atoms with Gasteiger partial charge in [0.2, 0.25) is 5.91 Å². The number of carbonyl (C=O) groups is 1. The molecule has 0 saturated heterocycles. The number of methoxy groups -OCH3 is 1. The van der Waals surface area contributed by atoms with Crippen LogP contribution >= 0.6 is 23.2 Å². The van der Waals surface area contributed by atoms with Crippen LogP contribution in [0, 0.1) is 6.08 Å². The summed E-state index contributed by atoms with van der Waals surface area (Å²) in [4.78, 5) is 13.7. The minimum absolute atomic E-state index is 0. The molecule has 0 aliphatic carbocycles. The summed E-state index contributed by atoms with van der Waals surface area (Å²) < 4.78 is 10.5. The Morgan fingerprint density at radius 3 is 2.74 bits per heavy atom. The fourth-order valence-corrected chi connectivity index (χ4v) is 2.68. The number of halogens is 2. The fraction of sp³-hybridized carbons (Fsp3) is 0.438. The van der Waals surface area contributed by atoms with Crippen LogP contribution < -0.4 is 4.74 Å². The molecule has 7 heteroatoms. The van der Waals surface area contributed by atoms with Gasteiger partial charge in [0.25, 0.3) is 0 Å². The summed E-state index contributed by atoms with van der Waals surface area (Å²) in [6.07, 6.45) is 3.56. The number of ether oxygens (including phenoxy) is 2. The molecule has 4 nitrogen and oxygen atoms in total. The van der Waals surface area contributed by atoms with Crippen LogP contribution in [0.2, 0.25) is 5.02 Å². The Balaban J connectivity index is 0.00000264. The molecule has 1 amide bonds. The Labute approximate surface area is 172 Å². The zero-order chi connectivity index (χ0) is 16.1. The van der Waals surface area contributed by atoms with Crippen LogP contribution in [0.3, 0.4) is 0 Å². The average Bonchev–Trinajstić information content (AvgIpc) is 2.51. The summed E-state index contributed by atoms with van der Waals surface area (Å²) in [6, 6.07) is 5.38. The van der Waals surface area contributed by atoms with Crippen molar-refractivity contribution in [2.45, 2.75) is 18.7 Å². The van der Waals surface area contributed by atoms with E-state index in [1.54, 1.807) is 18.1 Å². The number of carbonyl (C=O) groups excluding carboxylic acids is 1. The van der Waals surface area contributed by atoms with Crippen LogP contribution in [0.1, 0.15) is 18.9 Å². The standard InChI is InChI=1S/C16H18Cl2NO3.Y/c1-3-19-15(7-6-13(17)16(19)20)12-5-4-11(10-14(12)18)22-9-8-21-2;/h4-5,10,13H,3,6,8-9H2,1-2H3;/q-1;. The maximum atomic E-state index is 12.1. The van der Waals surface area contributed by atoms with Crippen molar-refractivity contribution in [3.63, 3.8) is 0 Å². The van der Waals surface area contributed by atoms with E-state index < -0.39 is 5.38 Å². The monoisotopic (exact) mass is 431 g/mol. The normalized spacial score (nSPS) is 17.6. The van der Waals surface area contributed by atoms with Gasteiger partial charge in [-0.2, -0.15) is 0 Å². The van der Waals surface area contributed by atoms with Gasteiger partial charge in [0, 0.05) is 46.4 Å². The van der Waals surface area contributed by atoms with Gasteiger partial charge in [0.1, 0.15) is 17.7 Å². The summed E-state index contributed by atoms with van der Waals surface area (Å²) in [6.45, 7) is 3.37. The van der Waals surface area contributed by atoms with Crippen molar-refractivity contribution < 1.29 is 47.0 Å². The summed E-state index contributed by atoms with van der Waals surface area (Å²) >= 11 is 12.3. The molecule has 1 aliphatic heterocycles. The number of benzene rings is 1. The molecule has 0 bridgehead atoms. The van der Waals surface area contributed by atoms with E-state index >= 15 is 0 Å². The molecular formula is C16H18Cl2NO3Y-. The topological polar surface area (TPSA) is 38.8 Å². The molecule has 1 atom stereocenters. The molecular weight excluding hydrogens is 414 g/mol. The molecule has 0 aromatic heterocycles. The van der Waals surface area contributed by atoms with Gasteiger partial charge < -0.3 is 14.4 Å². The number of rotatable bonds is 6. The second kappa shape index (κ2) is 10.00. The Hall–Kier alpha value is -0.126. The van der Waals surface area contributed by atoms with Crippen LogP contribution in [-0.4, -0.2) is 43.1 Å². The van der Waals surface area contributed by atoms with Crippen molar-refractivity contribution in [1.29, 1.82) is 0 Å². The van der Waals surface area contributed by atoms with E-state index in [9.17, 15) is 4.79 Å². The Morgan fingerprint density at radius 1 is 1.39 bits per heavy atom. The summed E-state index contributed by atoms with van der Waals surface area (Å²) in [5.41, 5.74) is 1.43. The number of amides is 1. The number of nitrogens with zero attached hydrogens (tertiary/aromatic N) is 1. The zero-order valence-corrected chi connectivity index (χ0v) is 17.5. The maximum absolute atomic E-state index is 12.1. The van der Waals surface area contributed by atoms with Crippen molar-refractivity contribution in [2.75, 3.05) is 26.9 Å². The van der Waals surface area contributed by atoms with Gasteiger partial charge in [-0.05, 0) is 24.1 Å². The summed E-state index contributed by atoms with van der Waals surface area (Å²) in [7, 11) is 1.62. The molecule has 123 valence electrons. The maximum Gasteiger partial charge on any atom is 0.241 e. The van der Waals surface area contributed by atoms with E-state index in [0.29, 0.717) is 42.6 Å². The summed E-state index contributed by atoms with van der Waals surface area (Å²) in [5, 5.41) is -0.0455. The molecule has 1 radical (unpaired) electrons. The molecule has 1 aromatic rings. The molecule has 0 saturated carbocycles. The van der Waals surface area contributed by atoms with Crippen LogP contribution in [0.4, 0.5) is 0 Å². The van der Waals surface area contributed by atoms with Gasteiger partial charge in [0.05, 0.1) is 6.61 Å². The third-order valence-electron chi connectivity index (χ3n) is 3.32. The largest absolute Gasteiger partial charge is 0.491 e. The van der Waals surface area contributed by atoms with Crippen LogP contribution in [0.5, 0.6) is 5.75 Å². The van der Waals surface area contributed by atoms with Crippen molar-refractivity contribution in [2.24, 2.45) is 0 Å². The molecule has 23 heavy (non-hydrogen) atoms. The van der Waals surface area contributed by atoms with Gasteiger partial charge in [0.15, 0.2) is 0 Å². The Morgan fingerprint density at radius 2 is 2.13 bits per heavy atom. The predicted molar refractivity (Wildman–Crippen MR) is 87.1 cm³/mol. The first kappa shape index (κ1) is 20.9. The van der Waals surface area contributed by atoms with E-state index in [4.69, 9.17) is 32.7 Å². The van der Waals surface area contributed by atoms with Crippen molar-refractivity contribution in [3.8, 4) is 5.75 Å². The van der Waals surface area contributed by atoms with Crippen LogP contribution in [0.25, 0.3) is 5.70 Å². The number of allylic oxidation sites excluding steroid dienone is 1. The van der Waals surface area contributed by atoms with Gasteiger partial charge in [-0.3, -0.25) is 4.79 Å². The minimum Gasteiger partial charge on any atom is -0.491 e. The van der Waals surface area contributed by atoms with Gasteiger partial charge in [-0.15, -0.1) is 40.5 Å². The SMILES string of the molecule is CCN1C(=O)C(Cl)C[C-]=C1c1ccc(OCCOC)cc1Cl.[Y]. The summed E-state index contributed by atoms with van der Waals surface area (Å²) in [5.74, 6) is 0.543. The van der Waals surface area contributed by atoms with E-state index in [-0.39, 0.29) is 38.6 Å². The van der Waals surface area contributed by atoms with Crippen LogP contribution in [0.15, 0.2) is 18.2 Å². The first-order valence-corrected chi connectivity index (χ1v) is 7.87. The number of hydrogen-bond acceptors (Lipinski definition) is 3. The van der Waals surface area contributed by atoms with Gasteiger partial charge >= 0.3 is 0 Å². The second-order valence-electron chi connectivity index (χ2n) is 4.76. The van der Waals surface area contributed by atoms with E-state index in [1.165, 1.54) is 0 Å². The quantitative estimate of drug-likeness (QED) is 0.393. The fourth-order valence-electron chi connectivity index (χ4n) is 2.22. The van der Waals surface area contributed by atoms with Gasteiger partial charge in [-0.25, -0.2) is 6.08 Å². The Kier molecular flexibility index (Phi) is 9.09. The second-order valence-corrected chi connectivity index (χ2v) is 5.70. The van der Waals surface area contributed by atoms with E-state index in [1.807, 2.05) is 19.1 Å². The van der Waals surface area contributed by atoms with E-state index in [2.05, 4.69) is 6.08 Å². The van der Waals surface area contributed by atoms with Crippen molar-refractivity contribution in [3.05, 3.63) is 34.9 Å². The predicted octanol–water partition coefficient (Wildman–Crippen LogP) is 3.37. The number of hydrogen-bond donors (Lipinski definition) is 0. The van der Waals surface area contributed by atoms with Crippen molar-refractivity contribution >= 4 is 34.8 Å². The first-order chi connectivity index (χ1) is 10.6. The molecule has 0 N–H and O–H groups in total. The average molecular weight is 432 g/mol. The Bertz CT molecular complexity index is 580.